The molecule has 15 heavy (non-hydrogen) atoms. The Morgan fingerprint density at radius 1 is 1.27 bits per heavy atom. The maximum Gasteiger partial charge on any atom is 0.165 e. The molecule has 1 heterocycles. The summed E-state index contributed by atoms with van der Waals surface area (Å²) in [6.07, 6.45) is 0.409. The molecule has 0 aliphatic carbocycles. The van der Waals surface area contributed by atoms with Crippen LogP contribution in [0.2, 0.25) is 0 Å². The lowest BCUT2D eigenvalue weighted by Gasteiger charge is -2.22. The lowest BCUT2D eigenvalue weighted by molar-refractivity contribution is -0.116. The lowest BCUT2D eigenvalue weighted by atomic mass is 10.0. The van der Waals surface area contributed by atoms with Gasteiger partial charge in [0.15, 0.2) is 11.5 Å². The molecule has 0 saturated carbocycles. The van der Waals surface area contributed by atoms with Gasteiger partial charge in [-0.05, 0) is 19.4 Å². The van der Waals surface area contributed by atoms with Crippen LogP contribution in [0.3, 0.4) is 0 Å². The Hall–Kier alpha value is -1.51. The van der Waals surface area contributed by atoms with Crippen LogP contribution in [0.25, 0.3) is 0 Å². The maximum atomic E-state index is 11.1. The monoisotopic (exact) mass is 206 g/mol. The summed E-state index contributed by atoms with van der Waals surface area (Å²) in [4.78, 5) is 11.1. The van der Waals surface area contributed by atoms with Gasteiger partial charge in [0.05, 0.1) is 0 Å². The molecule has 3 nitrogen and oxygen atoms in total. The molecule has 80 valence electrons. The van der Waals surface area contributed by atoms with Gasteiger partial charge in [-0.15, -0.1) is 0 Å². The Labute approximate surface area is 89.0 Å². The third-order valence-electron chi connectivity index (χ3n) is 2.41. The number of fused-ring (bicyclic) bond motifs is 1. The molecule has 0 bridgehead atoms. The average Bonchev–Trinajstić information content (AvgIpc) is 2.22. The molecule has 0 atom stereocenters. The highest BCUT2D eigenvalue weighted by Crippen LogP contribution is 2.37. The third-order valence-corrected chi connectivity index (χ3v) is 2.41. The van der Waals surface area contributed by atoms with Gasteiger partial charge in [0.2, 0.25) is 0 Å². The molecule has 1 aromatic rings. The molecule has 0 amide bonds. The number of Topliss-reactive ketones (excluding diaryl/α,β-unsaturated/α-hetero) is 1. The number of carbonyl (C=O) groups excluding carboxylic acids is 1. The first-order valence-corrected chi connectivity index (χ1v) is 5.06. The zero-order valence-corrected chi connectivity index (χ0v) is 9.00. The summed E-state index contributed by atoms with van der Waals surface area (Å²) < 4.78 is 11.1. The minimum Gasteiger partial charge on any atom is -0.486 e. The van der Waals surface area contributed by atoms with E-state index in [1.165, 1.54) is 0 Å². The second-order valence-corrected chi connectivity index (χ2v) is 3.78. The van der Waals surface area contributed by atoms with Crippen molar-refractivity contribution in [2.24, 2.45) is 0 Å². The Morgan fingerprint density at radius 3 is 2.60 bits per heavy atom. The molecule has 1 aliphatic heterocycles. The van der Waals surface area contributed by atoms with Crippen molar-refractivity contribution >= 4 is 5.78 Å². The second-order valence-electron chi connectivity index (χ2n) is 3.78. The molecule has 0 fully saturated rings. The Bertz CT molecular complexity index is 396. The third kappa shape index (κ3) is 1.96. The van der Waals surface area contributed by atoms with Crippen molar-refractivity contribution in [2.75, 3.05) is 13.2 Å². The van der Waals surface area contributed by atoms with E-state index in [1.807, 2.05) is 19.1 Å². The van der Waals surface area contributed by atoms with Gasteiger partial charge in [-0.25, -0.2) is 0 Å². The minimum absolute atomic E-state index is 0.134. The van der Waals surface area contributed by atoms with E-state index < -0.39 is 0 Å². The minimum atomic E-state index is 0.134. The average molecular weight is 206 g/mol. The van der Waals surface area contributed by atoms with Gasteiger partial charge in [-0.2, -0.15) is 0 Å². The van der Waals surface area contributed by atoms with Crippen LogP contribution in [0.1, 0.15) is 18.1 Å². The predicted octanol–water partition coefficient (Wildman–Crippen LogP) is 1.90. The van der Waals surface area contributed by atoms with Crippen molar-refractivity contribution in [3.05, 3.63) is 23.3 Å². The van der Waals surface area contributed by atoms with Crippen LogP contribution < -0.4 is 9.47 Å². The van der Waals surface area contributed by atoms with Crippen molar-refractivity contribution in [1.82, 2.24) is 0 Å². The second kappa shape index (κ2) is 3.93. The molecule has 0 saturated heterocycles. The summed E-state index contributed by atoms with van der Waals surface area (Å²) in [7, 11) is 0. The highest BCUT2D eigenvalue weighted by atomic mass is 16.6. The molecule has 0 aromatic heterocycles. The van der Waals surface area contributed by atoms with Gasteiger partial charge in [0.1, 0.15) is 19.0 Å². The number of hydrogen-bond acceptors (Lipinski definition) is 3. The molecule has 0 radical (unpaired) electrons. The van der Waals surface area contributed by atoms with E-state index in [1.54, 1.807) is 6.92 Å². The first kappa shape index (κ1) is 10.0. The summed E-state index contributed by atoms with van der Waals surface area (Å²) in [5.41, 5.74) is 1.97. The van der Waals surface area contributed by atoms with Gasteiger partial charge >= 0.3 is 0 Å². The summed E-state index contributed by atoms with van der Waals surface area (Å²) in [5, 5.41) is 0. The van der Waals surface area contributed by atoms with Crippen molar-refractivity contribution in [2.45, 2.75) is 20.3 Å². The molecular formula is C12H14O3. The molecule has 3 heteroatoms. The van der Waals surface area contributed by atoms with Gasteiger partial charge in [-0.1, -0.05) is 12.1 Å². The zero-order chi connectivity index (χ0) is 10.8. The highest BCUT2D eigenvalue weighted by Gasteiger charge is 2.18. The van der Waals surface area contributed by atoms with Crippen LogP contribution in [-0.4, -0.2) is 19.0 Å². The smallest absolute Gasteiger partial charge is 0.165 e. The van der Waals surface area contributed by atoms with Crippen LogP contribution in [0.4, 0.5) is 0 Å². The van der Waals surface area contributed by atoms with Crippen molar-refractivity contribution in [1.29, 1.82) is 0 Å². The van der Waals surface area contributed by atoms with Crippen LogP contribution in [0, 0.1) is 6.92 Å². The van der Waals surface area contributed by atoms with Crippen LogP contribution in [-0.2, 0) is 11.2 Å². The van der Waals surface area contributed by atoms with E-state index >= 15 is 0 Å². The number of benzene rings is 1. The Kier molecular flexibility index (Phi) is 2.62. The molecule has 0 spiro atoms. The Morgan fingerprint density at radius 2 is 1.93 bits per heavy atom. The summed E-state index contributed by atoms with van der Waals surface area (Å²) in [5.74, 6) is 1.67. The van der Waals surface area contributed by atoms with Gasteiger partial charge < -0.3 is 9.47 Å². The van der Waals surface area contributed by atoms with E-state index in [9.17, 15) is 4.79 Å². The summed E-state index contributed by atoms with van der Waals surface area (Å²) in [6, 6.07) is 3.90. The molecule has 0 unspecified atom stereocenters. The number of rotatable bonds is 2. The lowest BCUT2D eigenvalue weighted by Crippen LogP contribution is -2.18. The molecule has 1 aromatic carbocycles. The molecule has 2 rings (SSSR count). The van der Waals surface area contributed by atoms with Crippen LogP contribution in [0.15, 0.2) is 12.1 Å². The quantitative estimate of drug-likeness (QED) is 0.741. The SMILES string of the molecule is CC(=O)Cc1ccc(C)c2c1OCCO2. The summed E-state index contributed by atoms with van der Waals surface area (Å²) >= 11 is 0. The van der Waals surface area contributed by atoms with Crippen molar-refractivity contribution in [3.8, 4) is 11.5 Å². The van der Waals surface area contributed by atoms with E-state index in [2.05, 4.69) is 0 Å². The van der Waals surface area contributed by atoms with Gasteiger partial charge in [0.25, 0.3) is 0 Å². The largest absolute Gasteiger partial charge is 0.486 e. The molecule has 0 N–H and O–H groups in total. The predicted molar refractivity (Wildman–Crippen MR) is 56.6 cm³/mol. The fraction of sp³-hybridized carbons (Fsp3) is 0.417. The van der Waals surface area contributed by atoms with Gasteiger partial charge in [-0.3, -0.25) is 4.79 Å². The van der Waals surface area contributed by atoms with Crippen LogP contribution in [0.5, 0.6) is 11.5 Å². The zero-order valence-electron chi connectivity index (χ0n) is 9.00. The Balaban J connectivity index is 2.43. The fourth-order valence-corrected chi connectivity index (χ4v) is 1.73. The van der Waals surface area contributed by atoms with E-state index in [0.29, 0.717) is 19.6 Å². The molecule has 1 aliphatic rings. The van der Waals surface area contributed by atoms with Crippen molar-refractivity contribution in [3.63, 3.8) is 0 Å². The molecular weight excluding hydrogens is 192 g/mol. The number of ether oxygens (including phenoxy) is 2. The van der Waals surface area contributed by atoms with E-state index in [-0.39, 0.29) is 5.78 Å². The topological polar surface area (TPSA) is 35.5 Å². The summed E-state index contributed by atoms with van der Waals surface area (Å²) in [6.45, 7) is 4.69. The fourth-order valence-electron chi connectivity index (χ4n) is 1.73. The normalized spacial score (nSPS) is 13.7. The van der Waals surface area contributed by atoms with Gasteiger partial charge in [0, 0.05) is 12.0 Å². The first-order valence-electron chi connectivity index (χ1n) is 5.06. The first-order chi connectivity index (χ1) is 7.18. The van der Waals surface area contributed by atoms with Crippen LogP contribution >= 0.6 is 0 Å². The number of aryl methyl sites for hydroxylation is 1. The maximum absolute atomic E-state index is 11.1. The van der Waals surface area contributed by atoms with E-state index in [4.69, 9.17) is 9.47 Å². The number of ketones is 1. The van der Waals surface area contributed by atoms with Crippen molar-refractivity contribution < 1.29 is 14.3 Å². The van der Waals surface area contributed by atoms with E-state index in [0.717, 1.165) is 22.6 Å². The highest BCUT2D eigenvalue weighted by molar-refractivity contribution is 5.79. The number of hydrogen-bond donors (Lipinski definition) is 0. The number of carbonyl (C=O) groups is 1. The standard InChI is InChI=1S/C12H14O3/c1-8-3-4-10(7-9(2)13)12-11(8)14-5-6-15-12/h3-4H,5-7H2,1-2H3.